The number of rotatable bonds is 2. The molecule has 3 rings (SSSR count). The van der Waals surface area contributed by atoms with Crippen LogP contribution in [0, 0.1) is 19.7 Å². The Bertz CT molecular complexity index is 969. The second kappa shape index (κ2) is 6.08. The van der Waals surface area contributed by atoms with Crippen LogP contribution >= 0.6 is 11.3 Å². The van der Waals surface area contributed by atoms with Crippen molar-refractivity contribution in [2.75, 3.05) is 0 Å². The van der Waals surface area contributed by atoms with Crippen molar-refractivity contribution in [3.8, 4) is 0 Å². The van der Waals surface area contributed by atoms with Crippen molar-refractivity contribution in [3.63, 3.8) is 0 Å². The quantitative estimate of drug-likeness (QED) is 0.693. The highest BCUT2D eigenvalue weighted by molar-refractivity contribution is 7.16. The first-order valence-electron chi connectivity index (χ1n) is 7.45. The van der Waals surface area contributed by atoms with E-state index < -0.39 is 0 Å². The van der Waals surface area contributed by atoms with Crippen LogP contribution in [0.4, 0.5) is 4.39 Å². The molecule has 1 aromatic heterocycles. The Morgan fingerprint density at radius 1 is 1.26 bits per heavy atom. The van der Waals surface area contributed by atoms with Crippen LogP contribution in [0.1, 0.15) is 28.4 Å². The zero-order chi connectivity index (χ0) is 16.6. The predicted octanol–water partition coefficient (Wildman–Crippen LogP) is 4.22. The summed E-state index contributed by atoms with van der Waals surface area (Å²) in [7, 11) is 0. The minimum atomic E-state index is -0.295. The van der Waals surface area contributed by atoms with Gasteiger partial charge in [-0.05, 0) is 44.5 Å². The van der Waals surface area contributed by atoms with Crippen molar-refractivity contribution in [1.29, 1.82) is 0 Å². The Kier molecular flexibility index (Phi) is 4.13. The summed E-state index contributed by atoms with van der Waals surface area (Å²) in [6, 6.07) is 10.6. The summed E-state index contributed by atoms with van der Waals surface area (Å²) in [6.45, 7) is 6.35. The first-order valence-corrected chi connectivity index (χ1v) is 8.27. The molecule has 3 nitrogen and oxygen atoms in total. The molecular weight excluding hydrogens is 311 g/mol. The number of aromatic nitrogens is 1. The van der Waals surface area contributed by atoms with Crippen LogP contribution in [0.2, 0.25) is 0 Å². The summed E-state index contributed by atoms with van der Waals surface area (Å²) in [5.41, 5.74) is 3.09. The van der Waals surface area contributed by atoms with Crippen LogP contribution in [0.5, 0.6) is 0 Å². The molecule has 0 saturated carbocycles. The van der Waals surface area contributed by atoms with Crippen molar-refractivity contribution < 1.29 is 9.18 Å². The molecule has 0 aliphatic rings. The highest BCUT2D eigenvalue weighted by Gasteiger charge is 2.12. The average Bonchev–Trinajstić information content (AvgIpc) is 2.85. The standard InChI is InChI=1S/C18H17FN2OS/c1-4-21-16-14(19)6-5-7-15(16)23-18(21)20-17(22)13-9-8-11(2)10-12(13)3/h5-10H,4H2,1-3H3. The molecule has 5 heteroatoms. The molecule has 0 bridgehead atoms. The van der Waals surface area contributed by atoms with Gasteiger partial charge in [-0.25, -0.2) is 4.39 Å². The van der Waals surface area contributed by atoms with Crippen molar-refractivity contribution in [1.82, 2.24) is 4.57 Å². The van der Waals surface area contributed by atoms with E-state index >= 15 is 0 Å². The van der Waals surface area contributed by atoms with Gasteiger partial charge in [0, 0.05) is 12.1 Å². The number of benzene rings is 2. The zero-order valence-electron chi connectivity index (χ0n) is 13.3. The van der Waals surface area contributed by atoms with Gasteiger partial charge in [-0.15, -0.1) is 0 Å². The highest BCUT2D eigenvalue weighted by Crippen LogP contribution is 2.20. The maximum Gasteiger partial charge on any atom is 0.279 e. The van der Waals surface area contributed by atoms with Crippen LogP contribution in [-0.2, 0) is 6.54 Å². The van der Waals surface area contributed by atoms with Crippen molar-refractivity contribution >= 4 is 27.5 Å². The maximum absolute atomic E-state index is 14.1. The number of fused-ring (bicyclic) bond motifs is 1. The minimum Gasteiger partial charge on any atom is -0.314 e. The molecule has 0 aliphatic carbocycles. The second-order valence-electron chi connectivity index (χ2n) is 5.45. The van der Waals surface area contributed by atoms with Crippen LogP contribution in [0.15, 0.2) is 41.4 Å². The second-order valence-corrected chi connectivity index (χ2v) is 6.46. The number of para-hydroxylation sites is 1. The summed E-state index contributed by atoms with van der Waals surface area (Å²) >= 11 is 1.33. The Labute approximate surface area is 137 Å². The fourth-order valence-corrected chi connectivity index (χ4v) is 3.77. The van der Waals surface area contributed by atoms with Gasteiger partial charge in [-0.1, -0.05) is 35.1 Å². The Hall–Kier alpha value is -2.27. The predicted molar refractivity (Wildman–Crippen MR) is 91.3 cm³/mol. The lowest BCUT2D eigenvalue weighted by atomic mass is 10.1. The van der Waals surface area contributed by atoms with Crippen LogP contribution in [0.3, 0.4) is 0 Å². The van der Waals surface area contributed by atoms with E-state index in [9.17, 15) is 9.18 Å². The van der Waals surface area contributed by atoms with E-state index in [-0.39, 0.29) is 11.7 Å². The molecule has 0 saturated heterocycles. The minimum absolute atomic E-state index is 0.291. The van der Waals surface area contributed by atoms with E-state index in [0.29, 0.717) is 22.4 Å². The third-order valence-electron chi connectivity index (χ3n) is 3.78. The van der Waals surface area contributed by atoms with E-state index in [2.05, 4.69) is 4.99 Å². The van der Waals surface area contributed by atoms with E-state index in [4.69, 9.17) is 0 Å². The molecule has 0 aliphatic heterocycles. The van der Waals surface area contributed by atoms with Gasteiger partial charge >= 0.3 is 0 Å². The molecule has 0 atom stereocenters. The molecule has 3 aromatic rings. The molecule has 1 heterocycles. The lowest BCUT2D eigenvalue weighted by molar-refractivity contribution is 0.0997. The first kappa shape index (κ1) is 15.6. The van der Waals surface area contributed by atoms with Crippen molar-refractivity contribution in [2.24, 2.45) is 4.99 Å². The fourth-order valence-electron chi connectivity index (χ4n) is 2.67. The topological polar surface area (TPSA) is 34.4 Å². The number of thiazole rings is 1. The third-order valence-corrected chi connectivity index (χ3v) is 4.82. The summed E-state index contributed by atoms with van der Waals surface area (Å²) in [4.78, 5) is 17.3. The van der Waals surface area contributed by atoms with E-state index in [1.54, 1.807) is 16.7 Å². The normalized spacial score (nSPS) is 12.1. The molecule has 1 amide bonds. The lowest BCUT2D eigenvalue weighted by Gasteiger charge is -2.03. The van der Waals surface area contributed by atoms with Crippen LogP contribution in [0.25, 0.3) is 10.2 Å². The average molecular weight is 328 g/mol. The molecular formula is C18H17FN2OS. The third kappa shape index (κ3) is 2.84. The number of aryl methyl sites for hydroxylation is 3. The fraction of sp³-hybridized carbons (Fsp3) is 0.222. The number of halogens is 1. The van der Waals surface area contributed by atoms with E-state index in [1.807, 2.05) is 39.0 Å². The maximum atomic E-state index is 14.1. The van der Waals surface area contributed by atoms with Gasteiger partial charge in [0.1, 0.15) is 5.82 Å². The number of carbonyl (C=O) groups is 1. The van der Waals surface area contributed by atoms with Gasteiger partial charge in [-0.2, -0.15) is 4.99 Å². The summed E-state index contributed by atoms with van der Waals surface area (Å²) in [5.74, 6) is -0.585. The van der Waals surface area contributed by atoms with Gasteiger partial charge in [0.05, 0.1) is 10.2 Å². The zero-order valence-corrected chi connectivity index (χ0v) is 14.1. The van der Waals surface area contributed by atoms with Gasteiger partial charge < -0.3 is 4.57 Å². The van der Waals surface area contributed by atoms with Gasteiger partial charge in [0.2, 0.25) is 0 Å². The number of carbonyl (C=O) groups excluding carboxylic acids is 1. The molecule has 118 valence electrons. The van der Waals surface area contributed by atoms with Crippen LogP contribution in [-0.4, -0.2) is 10.5 Å². The molecule has 0 N–H and O–H groups in total. The molecule has 0 radical (unpaired) electrons. The van der Waals surface area contributed by atoms with Crippen molar-refractivity contribution in [2.45, 2.75) is 27.3 Å². The molecule has 0 fully saturated rings. The lowest BCUT2D eigenvalue weighted by Crippen LogP contribution is -2.16. The Morgan fingerprint density at radius 3 is 2.74 bits per heavy atom. The summed E-state index contributed by atoms with van der Waals surface area (Å²) in [6.07, 6.45) is 0. The monoisotopic (exact) mass is 328 g/mol. The molecule has 23 heavy (non-hydrogen) atoms. The van der Waals surface area contributed by atoms with Gasteiger partial charge in [0.25, 0.3) is 5.91 Å². The SMILES string of the molecule is CCn1c(=NC(=O)c2ccc(C)cc2C)sc2cccc(F)c21. The Morgan fingerprint density at radius 2 is 2.04 bits per heavy atom. The number of amides is 1. The number of nitrogens with zero attached hydrogens (tertiary/aromatic N) is 2. The molecule has 2 aromatic carbocycles. The summed E-state index contributed by atoms with van der Waals surface area (Å²) < 4.78 is 16.6. The largest absolute Gasteiger partial charge is 0.314 e. The smallest absolute Gasteiger partial charge is 0.279 e. The van der Waals surface area contributed by atoms with E-state index in [0.717, 1.165) is 15.8 Å². The molecule has 0 unspecified atom stereocenters. The highest BCUT2D eigenvalue weighted by atomic mass is 32.1. The summed E-state index contributed by atoms with van der Waals surface area (Å²) in [5, 5.41) is 0. The molecule has 0 spiro atoms. The Balaban J connectivity index is 2.17. The number of hydrogen-bond donors (Lipinski definition) is 0. The first-order chi connectivity index (χ1) is 11.0. The van der Waals surface area contributed by atoms with Gasteiger partial charge in [0.15, 0.2) is 4.80 Å². The van der Waals surface area contributed by atoms with Crippen LogP contribution < -0.4 is 4.80 Å². The van der Waals surface area contributed by atoms with Crippen molar-refractivity contribution in [3.05, 3.63) is 63.7 Å². The van der Waals surface area contributed by atoms with E-state index in [1.165, 1.54) is 17.4 Å². The van der Waals surface area contributed by atoms with Gasteiger partial charge in [-0.3, -0.25) is 4.79 Å². The number of hydrogen-bond acceptors (Lipinski definition) is 2.